The largest absolute Gasteiger partial charge is 0.475 e. The van der Waals surface area contributed by atoms with Crippen LogP contribution in [0.25, 0.3) is 0 Å². The first-order chi connectivity index (χ1) is 13.0. The highest BCUT2D eigenvalue weighted by Gasteiger charge is 2.21. The van der Waals surface area contributed by atoms with Crippen molar-refractivity contribution in [3.8, 4) is 5.88 Å². The van der Waals surface area contributed by atoms with Crippen LogP contribution in [0.4, 0.5) is 4.79 Å². The van der Waals surface area contributed by atoms with Crippen molar-refractivity contribution in [3.05, 3.63) is 23.9 Å². The lowest BCUT2D eigenvalue weighted by Gasteiger charge is -2.24. The van der Waals surface area contributed by atoms with Gasteiger partial charge >= 0.3 is 12.1 Å². The van der Waals surface area contributed by atoms with E-state index in [0.29, 0.717) is 17.9 Å². The van der Waals surface area contributed by atoms with Gasteiger partial charge in [-0.2, -0.15) is 0 Å². The van der Waals surface area contributed by atoms with Crippen LogP contribution >= 0.6 is 0 Å². The number of esters is 1. The van der Waals surface area contributed by atoms with Crippen LogP contribution in [0, 0.1) is 0 Å². The minimum absolute atomic E-state index is 0.0247. The zero-order valence-corrected chi connectivity index (χ0v) is 17.6. The maximum atomic E-state index is 11.9. The Morgan fingerprint density at radius 1 is 1.32 bits per heavy atom. The number of carbonyl (C=O) groups excluding carboxylic acids is 3. The summed E-state index contributed by atoms with van der Waals surface area (Å²) >= 11 is 0. The summed E-state index contributed by atoms with van der Waals surface area (Å²) < 4.78 is 15.9. The number of hydrogen-bond donors (Lipinski definition) is 1. The molecule has 1 aromatic rings. The van der Waals surface area contributed by atoms with E-state index in [4.69, 9.17) is 19.0 Å². The van der Waals surface area contributed by atoms with E-state index in [2.05, 4.69) is 10.3 Å². The highest BCUT2D eigenvalue weighted by molar-refractivity contribution is 5.78. The molecular formula is C19H31N3O6. The fourth-order valence-electron chi connectivity index (χ4n) is 1.67. The van der Waals surface area contributed by atoms with Crippen LogP contribution in [0.3, 0.4) is 0 Å². The van der Waals surface area contributed by atoms with E-state index in [0.717, 1.165) is 0 Å². The molecule has 0 atom stereocenters. The molecule has 158 valence electrons. The third kappa shape index (κ3) is 11.7. The average Bonchev–Trinajstić information content (AvgIpc) is 2.59. The molecular weight excluding hydrogens is 366 g/mol. The number of aromatic nitrogens is 1. The van der Waals surface area contributed by atoms with E-state index in [-0.39, 0.29) is 19.3 Å². The molecule has 1 aromatic heterocycles. The Labute approximate surface area is 166 Å². The molecule has 1 N–H and O–H groups in total. The van der Waals surface area contributed by atoms with Crippen LogP contribution < -0.4 is 10.1 Å². The molecule has 0 aromatic carbocycles. The molecule has 0 saturated heterocycles. The Balaban J connectivity index is 0.00000165. The number of pyridine rings is 1. The average molecular weight is 397 g/mol. The van der Waals surface area contributed by atoms with E-state index >= 15 is 0 Å². The SMILES string of the molecule is CC(C)Oc1ncccc1COC(=O)CN(C)C(=O)OC(C)(C)C.CNC=O. The summed E-state index contributed by atoms with van der Waals surface area (Å²) in [4.78, 5) is 38.1. The van der Waals surface area contributed by atoms with Crippen LogP contribution in [-0.4, -0.2) is 60.7 Å². The smallest absolute Gasteiger partial charge is 0.410 e. The summed E-state index contributed by atoms with van der Waals surface area (Å²) in [5.41, 5.74) is 0.0492. The Morgan fingerprint density at radius 2 is 1.93 bits per heavy atom. The third-order valence-electron chi connectivity index (χ3n) is 2.78. The van der Waals surface area contributed by atoms with Crippen molar-refractivity contribution in [2.45, 2.75) is 52.9 Å². The van der Waals surface area contributed by atoms with E-state index in [9.17, 15) is 9.59 Å². The van der Waals surface area contributed by atoms with Gasteiger partial charge in [0, 0.05) is 20.3 Å². The first-order valence-corrected chi connectivity index (χ1v) is 8.81. The second-order valence-corrected chi connectivity index (χ2v) is 7.04. The van der Waals surface area contributed by atoms with Gasteiger partial charge < -0.3 is 24.4 Å². The lowest BCUT2D eigenvalue weighted by atomic mass is 10.2. The summed E-state index contributed by atoms with van der Waals surface area (Å²) in [5.74, 6) is -0.108. The van der Waals surface area contributed by atoms with Gasteiger partial charge in [0.25, 0.3) is 0 Å². The molecule has 0 aliphatic carbocycles. The van der Waals surface area contributed by atoms with Crippen LogP contribution in [-0.2, 0) is 25.7 Å². The van der Waals surface area contributed by atoms with Crippen LogP contribution in [0.5, 0.6) is 5.88 Å². The van der Waals surface area contributed by atoms with Crippen LogP contribution in [0.2, 0.25) is 0 Å². The molecule has 9 heteroatoms. The van der Waals surface area contributed by atoms with Crippen molar-refractivity contribution in [3.63, 3.8) is 0 Å². The molecule has 0 spiro atoms. The predicted octanol–water partition coefficient (Wildman–Crippen LogP) is 2.14. The van der Waals surface area contributed by atoms with E-state index in [1.165, 1.54) is 11.9 Å². The third-order valence-corrected chi connectivity index (χ3v) is 2.78. The lowest BCUT2D eigenvalue weighted by Crippen LogP contribution is -2.37. The minimum atomic E-state index is -0.617. The summed E-state index contributed by atoms with van der Waals surface area (Å²) in [6.07, 6.45) is 1.62. The van der Waals surface area contributed by atoms with Gasteiger partial charge in [-0.1, -0.05) is 0 Å². The number of ether oxygens (including phenoxy) is 3. The van der Waals surface area contributed by atoms with Crippen LogP contribution in [0.1, 0.15) is 40.2 Å². The van der Waals surface area contributed by atoms with E-state index in [1.54, 1.807) is 46.1 Å². The van der Waals surface area contributed by atoms with Gasteiger partial charge in [-0.3, -0.25) is 9.59 Å². The van der Waals surface area contributed by atoms with Crippen molar-refractivity contribution in [1.82, 2.24) is 15.2 Å². The molecule has 0 fully saturated rings. The van der Waals surface area contributed by atoms with Crippen molar-refractivity contribution in [2.75, 3.05) is 20.6 Å². The highest BCUT2D eigenvalue weighted by Crippen LogP contribution is 2.17. The van der Waals surface area contributed by atoms with Gasteiger partial charge in [0.2, 0.25) is 12.3 Å². The Kier molecular flexibility index (Phi) is 11.3. The second-order valence-electron chi connectivity index (χ2n) is 7.04. The number of nitrogens with one attached hydrogen (secondary N) is 1. The zero-order chi connectivity index (χ0) is 21.7. The Hall–Kier alpha value is -2.84. The molecule has 28 heavy (non-hydrogen) atoms. The molecule has 0 bridgehead atoms. The van der Waals surface area contributed by atoms with Crippen molar-refractivity contribution in [1.29, 1.82) is 0 Å². The van der Waals surface area contributed by atoms with Gasteiger partial charge in [0.15, 0.2) is 0 Å². The lowest BCUT2D eigenvalue weighted by molar-refractivity contribution is -0.145. The highest BCUT2D eigenvalue weighted by atomic mass is 16.6. The molecule has 2 amide bonds. The molecule has 0 aliphatic rings. The first kappa shape index (κ1) is 25.2. The fourth-order valence-corrected chi connectivity index (χ4v) is 1.67. The first-order valence-electron chi connectivity index (χ1n) is 8.81. The normalized spacial score (nSPS) is 10.3. The number of rotatable bonds is 7. The van der Waals surface area contributed by atoms with Crippen molar-refractivity contribution >= 4 is 18.5 Å². The second kappa shape index (κ2) is 12.5. The molecule has 9 nitrogen and oxygen atoms in total. The quantitative estimate of drug-likeness (QED) is 0.555. The molecule has 0 unspecified atom stereocenters. The summed E-state index contributed by atoms with van der Waals surface area (Å²) in [5, 5.41) is 2.25. The number of carbonyl (C=O) groups is 3. The molecule has 1 heterocycles. The predicted molar refractivity (Wildman–Crippen MR) is 104 cm³/mol. The topological polar surface area (TPSA) is 107 Å². The van der Waals surface area contributed by atoms with Gasteiger partial charge in [-0.25, -0.2) is 9.78 Å². The Bertz CT molecular complexity index is 628. The van der Waals surface area contributed by atoms with Gasteiger partial charge in [-0.15, -0.1) is 0 Å². The Morgan fingerprint density at radius 3 is 2.43 bits per heavy atom. The number of nitrogens with zero attached hydrogens (tertiary/aromatic N) is 2. The number of amides is 2. The van der Waals surface area contributed by atoms with Gasteiger partial charge in [-0.05, 0) is 46.8 Å². The fraction of sp³-hybridized carbons (Fsp3) is 0.579. The number of hydrogen-bond acceptors (Lipinski definition) is 7. The zero-order valence-electron chi connectivity index (χ0n) is 17.6. The summed E-state index contributed by atoms with van der Waals surface area (Å²) in [6.45, 7) is 8.88. The molecule has 0 saturated carbocycles. The van der Waals surface area contributed by atoms with Gasteiger partial charge in [0.05, 0.1) is 11.7 Å². The maximum absolute atomic E-state index is 11.9. The van der Waals surface area contributed by atoms with Gasteiger partial charge in [0.1, 0.15) is 18.8 Å². The standard InChI is InChI=1S/C17H26N2O5.C2H5NO/c1-12(2)23-15-13(8-7-9-18-15)11-22-14(20)10-19(6)16(21)24-17(3,4)5;1-3-2-4/h7-9,12H,10-11H2,1-6H3;2H,1H3,(H,3,4). The van der Waals surface area contributed by atoms with E-state index < -0.39 is 17.7 Å². The minimum Gasteiger partial charge on any atom is -0.475 e. The van der Waals surface area contributed by atoms with E-state index in [1.807, 2.05) is 13.8 Å². The van der Waals surface area contributed by atoms with Crippen molar-refractivity contribution in [2.24, 2.45) is 0 Å². The maximum Gasteiger partial charge on any atom is 0.410 e. The number of likely N-dealkylation sites (N-methyl/N-ethyl adjacent to an activating group) is 1. The monoisotopic (exact) mass is 397 g/mol. The van der Waals surface area contributed by atoms with Crippen LogP contribution in [0.15, 0.2) is 18.3 Å². The summed E-state index contributed by atoms with van der Waals surface area (Å²) in [7, 11) is 3.04. The van der Waals surface area contributed by atoms with Crippen molar-refractivity contribution < 1.29 is 28.6 Å². The molecule has 0 radical (unpaired) electrons. The molecule has 1 rings (SSSR count). The molecule has 0 aliphatic heterocycles. The summed E-state index contributed by atoms with van der Waals surface area (Å²) in [6, 6.07) is 3.51.